The third kappa shape index (κ3) is 4.55. The molecule has 0 fully saturated rings. The van der Waals surface area contributed by atoms with E-state index in [0.717, 1.165) is 26.1 Å². The van der Waals surface area contributed by atoms with E-state index in [1.165, 1.54) is 39.1 Å². The van der Waals surface area contributed by atoms with Gasteiger partial charge in [-0.3, -0.25) is 0 Å². The highest BCUT2D eigenvalue weighted by Gasteiger charge is 2.27. The van der Waals surface area contributed by atoms with Crippen LogP contribution in [0.1, 0.15) is 74.1 Å². The van der Waals surface area contributed by atoms with Crippen molar-refractivity contribution < 1.29 is 0 Å². The van der Waals surface area contributed by atoms with Crippen molar-refractivity contribution in [3.63, 3.8) is 0 Å². The first kappa shape index (κ1) is 21.6. The van der Waals surface area contributed by atoms with Crippen molar-refractivity contribution >= 4 is 5.69 Å². The van der Waals surface area contributed by atoms with E-state index < -0.39 is 0 Å². The summed E-state index contributed by atoms with van der Waals surface area (Å²) < 4.78 is 0. The van der Waals surface area contributed by atoms with Crippen molar-refractivity contribution in [2.75, 3.05) is 25.0 Å². The minimum atomic E-state index is 0.502. The van der Waals surface area contributed by atoms with Gasteiger partial charge in [-0.25, -0.2) is 0 Å². The summed E-state index contributed by atoms with van der Waals surface area (Å²) in [5, 5.41) is 7.42. The maximum atomic E-state index is 3.74. The molecule has 0 heterocycles. The van der Waals surface area contributed by atoms with E-state index in [9.17, 15) is 0 Å². The second-order valence-electron chi connectivity index (χ2n) is 9.31. The topological polar surface area (TPSA) is 24.1 Å². The standard InChI is InChI=1S/C29H36N2/c1-20(2)22-14-9-15-23(21(3)4)29(22)31-19-18-30-17-16-28-26-12-7-5-10-24(26)25-11-6-8-13-27(25)28/h5-15,20-21,28,30-31H,16-19H2,1-4H3. The molecule has 1 aliphatic rings. The lowest BCUT2D eigenvalue weighted by atomic mass is 9.92. The summed E-state index contributed by atoms with van der Waals surface area (Å²) in [6.07, 6.45) is 1.13. The summed E-state index contributed by atoms with van der Waals surface area (Å²) in [6, 6.07) is 24.5. The van der Waals surface area contributed by atoms with Crippen LogP contribution in [-0.2, 0) is 0 Å². The van der Waals surface area contributed by atoms with Crippen molar-refractivity contribution in [2.45, 2.75) is 51.9 Å². The van der Waals surface area contributed by atoms with Gasteiger partial charge in [0.15, 0.2) is 0 Å². The molecule has 31 heavy (non-hydrogen) atoms. The van der Waals surface area contributed by atoms with Gasteiger partial charge in [-0.05, 0) is 58.2 Å². The number of anilines is 1. The lowest BCUT2D eigenvalue weighted by Crippen LogP contribution is -2.25. The smallest absolute Gasteiger partial charge is 0.0410 e. The van der Waals surface area contributed by atoms with Crippen LogP contribution in [0.4, 0.5) is 5.69 Å². The number of fused-ring (bicyclic) bond motifs is 3. The van der Waals surface area contributed by atoms with E-state index in [4.69, 9.17) is 0 Å². The van der Waals surface area contributed by atoms with Crippen molar-refractivity contribution in [1.29, 1.82) is 0 Å². The Hall–Kier alpha value is -2.58. The van der Waals surface area contributed by atoms with Crippen LogP contribution in [0.25, 0.3) is 11.1 Å². The van der Waals surface area contributed by atoms with Crippen LogP contribution < -0.4 is 10.6 Å². The Morgan fingerprint density at radius 1 is 0.645 bits per heavy atom. The normalized spacial score (nSPS) is 13.0. The molecule has 0 spiro atoms. The molecule has 2 nitrogen and oxygen atoms in total. The third-order valence-corrected chi connectivity index (χ3v) is 6.55. The molecular weight excluding hydrogens is 376 g/mol. The first-order valence-electron chi connectivity index (χ1n) is 11.8. The predicted octanol–water partition coefficient (Wildman–Crippen LogP) is 7.14. The van der Waals surface area contributed by atoms with E-state index >= 15 is 0 Å². The van der Waals surface area contributed by atoms with Crippen LogP contribution >= 0.6 is 0 Å². The summed E-state index contributed by atoms with van der Waals surface area (Å²) in [4.78, 5) is 0. The zero-order chi connectivity index (χ0) is 21.8. The lowest BCUT2D eigenvalue weighted by Gasteiger charge is -2.21. The molecule has 0 saturated heterocycles. The number of para-hydroxylation sites is 1. The average molecular weight is 413 g/mol. The van der Waals surface area contributed by atoms with Crippen molar-refractivity contribution in [3.05, 3.63) is 89.0 Å². The van der Waals surface area contributed by atoms with Crippen LogP contribution in [0.3, 0.4) is 0 Å². The minimum Gasteiger partial charge on any atom is -0.383 e. The van der Waals surface area contributed by atoms with Gasteiger partial charge in [0.2, 0.25) is 0 Å². The maximum absolute atomic E-state index is 3.74. The van der Waals surface area contributed by atoms with E-state index in [1.54, 1.807) is 0 Å². The fourth-order valence-electron chi connectivity index (χ4n) is 4.97. The van der Waals surface area contributed by atoms with Crippen LogP contribution in [0.5, 0.6) is 0 Å². The maximum Gasteiger partial charge on any atom is 0.0410 e. The van der Waals surface area contributed by atoms with Gasteiger partial charge in [-0.1, -0.05) is 94.4 Å². The molecule has 0 atom stereocenters. The quantitative estimate of drug-likeness (QED) is 0.365. The van der Waals surface area contributed by atoms with Gasteiger partial charge in [-0.2, -0.15) is 0 Å². The molecular formula is C29H36N2. The number of hydrogen-bond donors (Lipinski definition) is 2. The Labute approximate surface area is 188 Å². The average Bonchev–Trinajstić information content (AvgIpc) is 3.09. The van der Waals surface area contributed by atoms with E-state index in [0.29, 0.717) is 17.8 Å². The first-order valence-corrected chi connectivity index (χ1v) is 11.8. The number of nitrogens with one attached hydrogen (secondary N) is 2. The first-order chi connectivity index (χ1) is 15.1. The Balaban J connectivity index is 1.33. The monoisotopic (exact) mass is 412 g/mol. The van der Waals surface area contributed by atoms with Gasteiger partial charge in [0.05, 0.1) is 0 Å². The second-order valence-corrected chi connectivity index (χ2v) is 9.31. The van der Waals surface area contributed by atoms with Gasteiger partial charge < -0.3 is 10.6 Å². The predicted molar refractivity (Wildman–Crippen MR) is 134 cm³/mol. The number of hydrogen-bond acceptors (Lipinski definition) is 2. The van der Waals surface area contributed by atoms with E-state index in [-0.39, 0.29) is 0 Å². The molecule has 4 rings (SSSR count). The Morgan fingerprint density at radius 3 is 1.74 bits per heavy atom. The summed E-state index contributed by atoms with van der Waals surface area (Å²) in [6.45, 7) is 12.1. The minimum absolute atomic E-state index is 0.502. The molecule has 0 amide bonds. The molecule has 0 aromatic heterocycles. The highest BCUT2D eigenvalue weighted by atomic mass is 14.9. The Kier molecular flexibility index (Phi) is 6.77. The molecule has 162 valence electrons. The second kappa shape index (κ2) is 9.70. The van der Waals surface area contributed by atoms with Crippen molar-refractivity contribution in [3.8, 4) is 11.1 Å². The van der Waals surface area contributed by atoms with Crippen LogP contribution in [0.2, 0.25) is 0 Å². The highest BCUT2D eigenvalue weighted by Crippen LogP contribution is 2.45. The van der Waals surface area contributed by atoms with Gasteiger partial charge in [0.1, 0.15) is 0 Å². The SMILES string of the molecule is CC(C)c1cccc(C(C)C)c1NCCNCCC1c2ccccc2-c2ccccc21. The Morgan fingerprint density at radius 2 is 1.19 bits per heavy atom. The molecule has 3 aromatic carbocycles. The molecule has 2 N–H and O–H groups in total. The molecule has 3 aromatic rings. The van der Waals surface area contributed by atoms with Crippen LogP contribution in [0, 0.1) is 0 Å². The lowest BCUT2D eigenvalue weighted by molar-refractivity contribution is 0.626. The molecule has 0 bridgehead atoms. The zero-order valence-corrected chi connectivity index (χ0v) is 19.4. The number of benzene rings is 3. The van der Waals surface area contributed by atoms with Crippen molar-refractivity contribution in [1.82, 2.24) is 5.32 Å². The molecule has 2 heteroatoms. The molecule has 1 aliphatic carbocycles. The molecule has 0 radical (unpaired) electrons. The fourth-order valence-corrected chi connectivity index (χ4v) is 4.97. The molecule has 0 saturated carbocycles. The van der Waals surface area contributed by atoms with E-state index in [1.807, 2.05) is 0 Å². The van der Waals surface area contributed by atoms with Crippen molar-refractivity contribution in [2.24, 2.45) is 0 Å². The van der Waals surface area contributed by atoms with Crippen LogP contribution in [-0.4, -0.2) is 19.6 Å². The molecule has 0 aliphatic heterocycles. The Bertz CT molecular complexity index is 947. The van der Waals surface area contributed by atoms with Gasteiger partial charge in [-0.15, -0.1) is 0 Å². The fraction of sp³-hybridized carbons (Fsp3) is 0.379. The number of rotatable bonds is 9. The summed E-state index contributed by atoms with van der Waals surface area (Å²) in [5.41, 5.74) is 9.98. The third-order valence-electron chi connectivity index (χ3n) is 6.55. The zero-order valence-electron chi connectivity index (χ0n) is 19.4. The molecule has 0 unspecified atom stereocenters. The summed E-state index contributed by atoms with van der Waals surface area (Å²) in [7, 11) is 0. The summed E-state index contributed by atoms with van der Waals surface area (Å²) >= 11 is 0. The summed E-state index contributed by atoms with van der Waals surface area (Å²) in [5.74, 6) is 1.55. The highest BCUT2D eigenvalue weighted by molar-refractivity contribution is 5.78. The van der Waals surface area contributed by atoms with Crippen LogP contribution in [0.15, 0.2) is 66.7 Å². The van der Waals surface area contributed by atoms with Gasteiger partial charge >= 0.3 is 0 Å². The van der Waals surface area contributed by atoms with Gasteiger partial charge in [0, 0.05) is 24.7 Å². The largest absolute Gasteiger partial charge is 0.383 e. The van der Waals surface area contributed by atoms with Gasteiger partial charge in [0.25, 0.3) is 0 Å². The van der Waals surface area contributed by atoms with E-state index in [2.05, 4.69) is 105 Å².